The van der Waals surface area contributed by atoms with Crippen LogP contribution in [0.5, 0.6) is 5.75 Å². The van der Waals surface area contributed by atoms with Crippen molar-refractivity contribution in [2.45, 2.75) is 24.2 Å². The van der Waals surface area contributed by atoms with Crippen molar-refractivity contribution in [3.63, 3.8) is 0 Å². The van der Waals surface area contributed by atoms with Crippen LogP contribution < -0.4 is 25.4 Å². The Bertz CT molecular complexity index is 2780. The fraction of sp³-hybridized carbons (Fsp3) is 0.111. The molecule has 5 nitrogen and oxygen atoms in total. The van der Waals surface area contributed by atoms with Gasteiger partial charge >= 0.3 is 0 Å². The number of benzene rings is 3. The van der Waals surface area contributed by atoms with E-state index in [2.05, 4.69) is 48.6 Å². The Balaban J connectivity index is 1.17. The van der Waals surface area contributed by atoms with E-state index < -0.39 is 5.41 Å². The van der Waals surface area contributed by atoms with Crippen LogP contribution in [0.15, 0.2) is 149 Å². The van der Waals surface area contributed by atoms with Crippen LogP contribution in [0, 0.1) is 5.92 Å². The summed E-state index contributed by atoms with van der Waals surface area (Å²) >= 11 is 0. The molecule has 244 valence electrons. The predicted molar refractivity (Wildman–Crippen MR) is 199 cm³/mol. The highest BCUT2D eigenvalue weighted by Gasteiger charge is 2.56. The van der Waals surface area contributed by atoms with E-state index in [1.54, 1.807) is 12.2 Å². The highest BCUT2D eigenvalue weighted by molar-refractivity contribution is 7.26. The summed E-state index contributed by atoms with van der Waals surface area (Å²) < 4.78 is 12.8. The Morgan fingerprint density at radius 2 is 1.43 bits per heavy atom. The number of aliphatic hydroxyl groups excluding tert-OH is 1. The molecule has 0 aromatic heterocycles. The zero-order chi connectivity index (χ0) is 34.0. The van der Waals surface area contributed by atoms with Gasteiger partial charge in [-0.2, -0.15) is 0 Å². The minimum atomic E-state index is -1.04. The van der Waals surface area contributed by atoms with Crippen LogP contribution in [0.2, 0.25) is 0 Å². The summed E-state index contributed by atoms with van der Waals surface area (Å²) in [5, 5.41) is 16.4. The molecule has 0 fully saturated rings. The molecule has 11 rings (SSSR count). The first-order chi connectivity index (χ1) is 25.0. The van der Waals surface area contributed by atoms with E-state index in [1.807, 2.05) is 66.8 Å². The smallest absolute Gasteiger partial charge is 0.275 e. The van der Waals surface area contributed by atoms with Gasteiger partial charge in [-0.1, -0.05) is 103 Å². The number of allylic oxidation sites excluding steroid dienone is 13. The Kier molecular flexibility index (Phi) is 5.90. The average molecular weight is 681 g/mol. The first kappa shape index (κ1) is 29.0. The Hall–Kier alpha value is -5.77. The SMILES string of the molecule is O=C1C=CC=C2C1=c1ccccc1=CC2C1=CC23C(O)=Cc4c(C5C=c6ccccc6=C6C(=O)C=CC=C65)ccc(c42)OPOC2=C3C1=CCC2. The summed E-state index contributed by atoms with van der Waals surface area (Å²) in [6.45, 7) is 0. The van der Waals surface area contributed by atoms with Gasteiger partial charge in [0.25, 0.3) is 9.03 Å². The van der Waals surface area contributed by atoms with Crippen molar-refractivity contribution in [3.05, 3.63) is 186 Å². The van der Waals surface area contributed by atoms with Gasteiger partial charge in [-0.3, -0.25) is 9.59 Å². The summed E-state index contributed by atoms with van der Waals surface area (Å²) in [6, 6.07) is 20.2. The van der Waals surface area contributed by atoms with Gasteiger partial charge in [0.05, 0.1) is 0 Å². The fourth-order valence-electron chi connectivity index (χ4n) is 9.57. The molecule has 0 bridgehead atoms. The van der Waals surface area contributed by atoms with E-state index in [-0.39, 0.29) is 38.2 Å². The third-order valence-corrected chi connectivity index (χ3v) is 12.2. The van der Waals surface area contributed by atoms with E-state index in [0.29, 0.717) is 12.2 Å². The van der Waals surface area contributed by atoms with Gasteiger partial charge in [0.15, 0.2) is 11.6 Å². The second-order valence-electron chi connectivity index (χ2n) is 14.0. The third kappa shape index (κ3) is 3.79. The number of rotatable bonds is 2. The van der Waals surface area contributed by atoms with Crippen molar-refractivity contribution in [1.29, 1.82) is 0 Å². The Labute approximate surface area is 295 Å². The maximum absolute atomic E-state index is 13.5. The minimum Gasteiger partial charge on any atom is -0.511 e. The predicted octanol–water partition coefficient (Wildman–Crippen LogP) is 5.79. The Morgan fingerprint density at radius 3 is 2.16 bits per heavy atom. The minimum absolute atomic E-state index is 0.000709. The molecular weight excluding hydrogens is 651 g/mol. The molecule has 1 spiro atoms. The summed E-state index contributed by atoms with van der Waals surface area (Å²) in [7, 11) is -0.243. The van der Waals surface area contributed by atoms with E-state index in [1.165, 1.54) is 0 Å². The molecule has 51 heavy (non-hydrogen) atoms. The molecule has 1 heterocycles. The van der Waals surface area contributed by atoms with Crippen LogP contribution in [0.1, 0.15) is 35.4 Å². The van der Waals surface area contributed by atoms with Crippen LogP contribution in [-0.2, 0) is 19.5 Å². The van der Waals surface area contributed by atoms with Crippen LogP contribution in [0.3, 0.4) is 0 Å². The average Bonchev–Trinajstić information content (AvgIpc) is 3.65. The lowest BCUT2D eigenvalue weighted by molar-refractivity contribution is -0.110. The molecular formula is C45H29O5P. The van der Waals surface area contributed by atoms with Crippen molar-refractivity contribution >= 4 is 50.0 Å². The number of hydrogen-bond acceptors (Lipinski definition) is 5. The molecule has 0 saturated carbocycles. The first-order valence-electron chi connectivity index (χ1n) is 17.4. The van der Waals surface area contributed by atoms with Gasteiger partial charge < -0.3 is 14.2 Å². The van der Waals surface area contributed by atoms with E-state index in [0.717, 1.165) is 88.8 Å². The molecule has 0 amide bonds. The van der Waals surface area contributed by atoms with E-state index >= 15 is 0 Å². The van der Waals surface area contributed by atoms with Crippen LogP contribution in [-0.4, -0.2) is 16.7 Å². The van der Waals surface area contributed by atoms with Crippen LogP contribution in [0.4, 0.5) is 0 Å². The molecule has 0 radical (unpaired) electrons. The number of hydrogen-bond donors (Lipinski definition) is 1. The quantitative estimate of drug-likeness (QED) is 0.348. The molecule has 8 aliphatic rings. The second kappa shape index (κ2) is 10.4. The van der Waals surface area contributed by atoms with Gasteiger partial charge in [-0.25, -0.2) is 0 Å². The topological polar surface area (TPSA) is 72.8 Å². The van der Waals surface area contributed by atoms with Crippen LogP contribution in [0.25, 0.3) is 29.4 Å². The van der Waals surface area contributed by atoms with E-state index in [4.69, 9.17) is 9.05 Å². The zero-order valence-electron chi connectivity index (χ0n) is 27.3. The highest BCUT2D eigenvalue weighted by Crippen LogP contribution is 2.64. The van der Waals surface area contributed by atoms with Crippen molar-refractivity contribution in [1.82, 2.24) is 0 Å². The zero-order valence-corrected chi connectivity index (χ0v) is 28.3. The van der Waals surface area contributed by atoms with Gasteiger partial charge in [-0.15, -0.1) is 0 Å². The van der Waals surface area contributed by atoms with Crippen molar-refractivity contribution in [2.75, 3.05) is 0 Å². The lowest BCUT2D eigenvalue weighted by Gasteiger charge is -2.34. The molecule has 4 atom stereocenters. The summed E-state index contributed by atoms with van der Waals surface area (Å²) in [4.78, 5) is 26.9. The lowest BCUT2D eigenvalue weighted by atomic mass is 9.71. The molecule has 4 unspecified atom stereocenters. The standard InChI is InChI=1S/C45H29O5P/c46-36-15-5-12-29-32(20-24-8-1-3-10-26(24)41(29)36)28-18-19-39-44-34(28)22-40(48)45(44)23-35(31-14-7-17-38(43(31)45)49-51-50-39)33-21-25-9-2-4-11-27(25)42-30(33)13-6-16-37(42)47/h1-6,8-16,18-23,32-33,48,51H,7,17H2. The third-order valence-electron chi connectivity index (χ3n) is 11.6. The summed E-state index contributed by atoms with van der Waals surface area (Å²) in [5.41, 5.74) is 8.16. The van der Waals surface area contributed by atoms with Crippen LogP contribution >= 0.6 is 9.03 Å². The van der Waals surface area contributed by atoms with Gasteiger partial charge in [0.1, 0.15) is 22.7 Å². The number of fused-ring (bicyclic) bond motifs is 4. The maximum Gasteiger partial charge on any atom is 0.275 e. The number of aliphatic hydroxyl groups is 1. The molecule has 0 saturated heterocycles. The lowest BCUT2D eigenvalue weighted by Crippen LogP contribution is -2.36. The second-order valence-corrected chi connectivity index (χ2v) is 14.6. The molecule has 6 heteroatoms. The largest absolute Gasteiger partial charge is 0.511 e. The van der Waals surface area contributed by atoms with Gasteiger partial charge in [-0.05, 0) is 85.0 Å². The normalized spacial score (nSPS) is 26.2. The fourth-order valence-corrected chi connectivity index (χ4v) is 10.2. The number of carbonyl (C=O) groups excluding carboxylic acids is 2. The monoisotopic (exact) mass is 680 g/mol. The molecule has 1 N–H and O–H groups in total. The maximum atomic E-state index is 13.5. The van der Waals surface area contributed by atoms with Gasteiger partial charge in [0.2, 0.25) is 0 Å². The Morgan fingerprint density at radius 1 is 0.765 bits per heavy atom. The van der Waals surface area contributed by atoms with Crippen molar-refractivity contribution in [2.24, 2.45) is 5.92 Å². The molecule has 1 aliphatic heterocycles. The van der Waals surface area contributed by atoms with Gasteiger partial charge in [0, 0.05) is 40.5 Å². The van der Waals surface area contributed by atoms with E-state index in [9.17, 15) is 14.7 Å². The summed E-state index contributed by atoms with van der Waals surface area (Å²) in [6.07, 6.45) is 23.4. The number of ketones is 2. The molecule has 7 aliphatic carbocycles. The first-order valence-corrected chi connectivity index (χ1v) is 18.2. The van der Waals surface area contributed by atoms with Crippen molar-refractivity contribution < 1.29 is 23.7 Å². The summed E-state index contributed by atoms with van der Waals surface area (Å²) in [5.74, 6) is 1.26. The highest BCUT2D eigenvalue weighted by atomic mass is 31.1. The number of carbonyl (C=O) groups is 2. The molecule has 3 aromatic carbocycles. The molecule has 3 aromatic rings. The van der Waals surface area contributed by atoms with Crippen molar-refractivity contribution in [3.8, 4) is 5.75 Å².